The standard InChI is InChI=1S/C21H22N4O3S/c26-21(25-13-11-24(12-14-25)19-7-9-22-10-8-19)16-23-29(27,28)20-6-5-17-3-1-2-4-18(17)15-20/h1-10,15,23H,11-14,16H2. The maximum Gasteiger partial charge on any atom is 0.241 e. The highest BCUT2D eigenvalue weighted by Gasteiger charge is 2.23. The fraction of sp³-hybridized carbons (Fsp3) is 0.238. The summed E-state index contributed by atoms with van der Waals surface area (Å²) in [5, 5.41) is 1.81. The van der Waals surface area contributed by atoms with E-state index in [1.807, 2.05) is 36.4 Å². The predicted molar refractivity (Wildman–Crippen MR) is 112 cm³/mol. The normalized spacial score (nSPS) is 14.9. The van der Waals surface area contributed by atoms with Crippen LogP contribution in [0.15, 0.2) is 71.9 Å². The summed E-state index contributed by atoms with van der Waals surface area (Å²) in [6, 6.07) is 16.4. The Balaban J connectivity index is 1.35. The quantitative estimate of drug-likeness (QED) is 0.694. The van der Waals surface area contributed by atoms with Crippen molar-refractivity contribution in [1.82, 2.24) is 14.6 Å². The second kappa shape index (κ2) is 8.18. The minimum atomic E-state index is -3.75. The summed E-state index contributed by atoms with van der Waals surface area (Å²) >= 11 is 0. The fourth-order valence-corrected chi connectivity index (χ4v) is 4.46. The highest BCUT2D eigenvalue weighted by Crippen LogP contribution is 2.19. The molecule has 7 nitrogen and oxygen atoms in total. The number of sulfonamides is 1. The maximum absolute atomic E-state index is 12.6. The number of rotatable bonds is 5. The van der Waals surface area contributed by atoms with E-state index in [9.17, 15) is 13.2 Å². The van der Waals surface area contributed by atoms with Gasteiger partial charge in [-0.2, -0.15) is 0 Å². The molecule has 0 saturated carbocycles. The summed E-state index contributed by atoms with van der Waals surface area (Å²) in [7, 11) is -3.75. The molecule has 0 unspecified atom stereocenters. The minimum Gasteiger partial charge on any atom is -0.368 e. The number of carbonyl (C=O) groups excluding carboxylic acids is 1. The number of hydrogen-bond acceptors (Lipinski definition) is 5. The van der Waals surface area contributed by atoms with Crippen molar-refractivity contribution in [3.05, 3.63) is 67.0 Å². The van der Waals surface area contributed by atoms with E-state index in [4.69, 9.17) is 0 Å². The van der Waals surface area contributed by atoms with Gasteiger partial charge in [0.05, 0.1) is 11.4 Å². The summed E-state index contributed by atoms with van der Waals surface area (Å²) < 4.78 is 27.6. The number of benzene rings is 2. The third-order valence-electron chi connectivity index (χ3n) is 5.10. The number of hydrogen-bond donors (Lipinski definition) is 1. The van der Waals surface area contributed by atoms with E-state index < -0.39 is 10.0 Å². The van der Waals surface area contributed by atoms with Crippen molar-refractivity contribution in [1.29, 1.82) is 0 Å². The lowest BCUT2D eigenvalue weighted by Crippen LogP contribution is -2.51. The molecule has 1 aromatic heterocycles. The Morgan fingerprint density at radius 3 is 2.34 bits per heavy atom. The molecular formula is C21H22N4O3S. The van der Waals surface area contributed by atoms with Crippen LogP contribution in [0.4, 0.5) is 5.69 Å². The SMILES string of the molecule is O=C(CNS(=O)(=O)c1ccc2ccccc2c1)N1CCN(c2ccncc2)CC1. The van der Waals surface area contributed by atoms with Gasteiger partial charge in [-0.1, -0.05) is 30.3 Å². The molecular weight excluding hydrogens is 388 g/mol. The number of pyridine rings is 1. The second-order valence-corrected chi connectivity index (χ2v) is 8.67. The molecule has 29 heavy (non-hydrogen) atoms. The molecule has 1 aliphatic heterocycles. The molecule has 0 aliphatic carbocycles. The van der Waals surface area contributed by atoms with Gasteiger partial charge in [-0.05, 0) is 35.0 Å². The number of carbonyl (C=O) groups is 1. The zero-order chi connectivity index (χ0) is 20.3. The summed E-state index contributed by atoms with van der Waals surface area (Å²) in [4.78, 5) is 20.6. The Bertz CT molecular complexity index is 1110. The van der Waals surface area contributed by atoms with Gasteiger partial charge in [0.25, 0.3) is 0 Å². The van der Waals surface area contributed by atoms with Gasteiger partial charge in [-0.3, -0.25) is 9.78 Å². The Kier molecular flexibility index (Phi) is 5.46. The van der Waals surface area contributed by atoms with Crippen LogP contribution in [0.25, 0.3) is 10.8 Å². The lowest BCUT2D eigenvalue weighted by molar-refractivity contribution is -0.130. The number of amides is 1. The summed E-state index contributed by atoms with van der Waals surface area (Å²) in [6.45, 7) is 2.27. The first-order chi connectivity index (χ1) is 14.0. The molecule has 1 fully saturated rings. The van der Waals surface area contributed by atoms with Gasteiger partial charge in [-0.25, -0.2) is 13.1 Å². The molecule has 4 rings (SSSR count). The van der Waals surface area contributed by atoms with Crippen LogP contribution in [0, 0.1) is 0 Å². The van der Waals surface area contributed by atoms with Gasteiger partial charge < -0.3 is 9.80 Å². The summed E-state index contributed by atoms with van der Waals surface area (Å²) in [5.74, 6) is -0.219. The lowest BCUT2D eigenvalue weighted by atomic mass is 10.1. The van der Waals surface area contributed by atoms with Gasteiger partial charge >= 0.3 is 0 Å². The molecule has 8 heteroatoms. The Morgan fingerprint density at radius 1 is 0.931 bits per heavy atom. The fourth-order valence-electron chi connectivity index (χ4n) is 3.46. The monoisotopic (exact) mass is 410 g/mol. The van der Waals surface area contributed by atoms with Crippen LogP contribution in [-0.2, 0) is 14.8 Å². The van der Waals surface area contributed by atoms with Crippen LogP contribution in [0.1, 0.15) is 0 Å². The van der Waals surface area contributed by atoms with Crippen molar-refractivity contribution in [2.24, 2.45) is 0 Å². The molecule has 1 aliphatic rings. The highest BCUT2D eigenvalue weighted by atomic mass is 32.2. The van der Waals surface area contributed by atoms with Crippen LogP contribution in [-0.4, -0.2) is 56.9 Å². The first-order valence-corrected chi connectivity index (χ1v) is 10.9. The van der Waals surface area contributed by atoms with Crippen molar-refractivity contribution in [3.8, 4) is 0 Å². The van der Waals surface area contributed by atoms with Gasteiger partial charge in [0.1, 0.15) is 0 Å². The number of anilines is 1. The molecule has 2 aromatic carbocycles. The van der Waals surface area contributed by atoms with Crippen LogP contribution in [0.3, 0.4) is 0 Å². The Hall–Kier alpha value is -2.97. The van der Waals surface area contributed by atoms with E-state index in [0.29, 0.717) is 26.2 Å². The molecule has 0 spiro atoms. The van der Waals surface area contributed by atoms with E-state index >= 15 is 0 Å². The highest BCUT2D eigenvalue weighted by molar-refractivity contribution is 7.89. The second-order valence-electron chi connectivity index (χ2n) is 6.91. The van der Waals surface area contributed by atoms with Crippen LogP contribution in [0.5, 0.6) is 0 Å². The minimum absolute atomic E-state index is 0.159. The lowest BCUT2D eigenvalue weighted by Gasteiger charge is -2.36. The largest absolute Gasteiger partial charge is 0.368 e. The van der Waals surface area contributed by atoms with Gasteiger partial charge in [0.2, 0.25) is 15.9 Å². The van der Waals surface area contributed by atoms with Crippen molar-refractivity contribution < 1.29 is 13.2 Å². The molecule has 1 N–H and O–H groups in total. The topological polar surface area (TPSA) is 82.6 Å². The zero-order valence-corrected chi connectivity index (χ0v) is 16.7. The van der Waals surface area contributed by atoms with Gasteiger partial charge in [0, 0.05) is 44.3 Å². The smallest absolute Gasteiger partial charge is 0.241 e. The average Bonchev–Trinajstić information content (AvgIpc) is 2.78. The van der Waals surface area contributed by atoms with E-state index in [0.717, 1.165) is 16.5 Å². The van der Waals surface area contributed by atoms with Crippen molar-refractivity contribution in [2.75, 3.05) is 37.6 Å². The maximum atomic E-state index is 12.6. The number of fused-ring (bicyclic) bond motifs is 1. The van der Waals surface area contributed by atoms with E-state index in [2.05, 4.69) is 14.6 Å². The third kappa shape index (κ3) is 4.38. The Labute approximate surface area is 170 Å². The molecule has 0 bridgehead atoms. The average molecular weight is 410 g/mol. The molecule has 3 aromatic rings. The van der Waals surface area contributed by atoms with E-state index in [1.165, 1.54) is 0 Å². The first-order valence-electron chi connectivity index (χ1n) is 9.44. The van der Waals surface area contributed by atoms with Crippen molar-refractivity contribution >= 4 is 32.4 Å². The van der Waals surface area contributed by atoms with Crippen molar-refractivity contribution in [3.63, 3.8) is 0 Å². The predicted octanol–water partition coefficient (Wildman–Crippen LogP) is 1.86. The van der Waals surface area contributed by atoms with Crippen LogP contribution < -0.4 is 9.62 Å². The first kappa shape index (κ1) is 19.4. The number of nitrogens with one attached hydrogen (secondary N) is 1. The number of nitrogens with zero attached hydrogens (tertiary/aromatic N) is 3. The summed E-state index contributed by atoms with van der Waals surface area (Å²) in [5.41, 5.74) is 1.07. The molecule has 1 amide bonds. The van der Waals surface area contributed by atoms with E-state index in [-0.39, 0.29) is 17.3 Å². The molecule has 1 saturated heterocycles. The summed E-state index contributed by atoms with van der Waals surface area (Å²) in [6.07, 6.45) is 3.49. The number of aromatic nitrogens is 1. The van der Waals surface area contributed by atoms with Crippen LogP contribution in [0.2, 0.25) is 0 Å². The Morgan fingerprint density at radius 2 is 1.62 bits per heavy atom. The van der Waals surface area contributed by atoms with Gasteiger partial charge in [-0.15, -0.1) is 0 Å². The van der Waals surface area contributed by atoms with E-state index in [1.54, 1.807) is 35.5 Å². The zero-order valence-electron chi connectivity index (χ0n) is 15.9. The third-order valence-corrected chi connectivity index (χ3v) is 6.50. The molecule has 150 valence electrons. The molecule has 2 heterocycles. The van der Waals surface area contributed by atoms with Crippen LogP contribution >= 0.6 is 0 Å². The van der Waals surface area contributed by atoms with Gasteiger partial charge in [0.15, 0.2) is 0 Å². The number of piperazine rings is 1. The molecule has 0 radical (unpaired) electrons. The van der Waals surface area contributed by atoms with Crippen molar-refractivity contribution in [2.45, 2.75) is 4.90 Å². The molecule has 0 atom stereocenters.